The van der Waals surface area contributed by atoms with Crippen LogP contribution < -0.4 is 4.80 Å². The van der Waals surface area contributed by atoms with Crippen LogP contribution in [0.25, 0.3) is 21.0 Å². The lowest BCUT2D eigenvalue weighted by Gasteiger charge is -2.03. The van der Waals surface area contributed by atoms with E-state index in [0.29, 0.717) is 11.3 Å². The van der Waals surface area contributed by atoms with Crippen LogP contribution in [-0.4, -0.2) is 24.6 Å². The van der Waals surface area contributed by atoms with Gasteiger partial charge in [-0.05, 0) is 23.9 Å². The van der Waals surface area contributed by atoms with E-state index in [-0.39, 0.29) is 17.9 Å². The van der Waals surface area contributed by atoms with Crippen molar-refractivity contribution in [2.45, 2.75) is 25.6 Å². The Hall–Kier alpha value is -2.77. The topological polar surface area (TPSA) is 68.5 Å². The maximum absolute atomic E-state index is 12.5. The molecule has 0 fully saturated rings. The standard InChI is InChI=1S/C23H22N2O3S2/c1-2-25-20-13-12-18-10-6-7-11-19(18)22(20)29-23(25)24-21(26)14-15-30(27,28)16-17-8-4-3-5-9-17/h3-13H,2,14-16H2,1H3. The molecule has 1 amide bonds. The van der Waals surface area contributed by atoms with Crippen molar-refractivity contribution in [1.29, 1.82) is 0 Å². The molecular weight excluding hydrogens is 416 g/mol. The monoisotopic (exact) mass is 438 g/mol. The SMILES string of the molecule is CCn1c(=NC(=O)CCS(=O)(=O)Cc2ccccc2)sc2c3ccccc3ccc21. The molecule has 3 aromatic carbocycles. The summed E-state index contributed by atoms with van der Waals surface area (Å²) < 4.78 is 27.8. The van der Waals surface area contributed by atoms with Gasteiger partial charge in [-0.15, -0.1) is 0 Å². The van der Waals surface area contributed by atoms with E-state index in [1.54, 1.807) is 24.3 Å². The van der Waals surface area contributed by atoms with Gasteiger partial charge in [0.2, 0.25) is 5.91 Å². The van der Waals surface area contributed by atoms with E-state index in [1.807, 2.05) is 35.8 Å². The van der Waals surface area contributed by atoms with Crippen molar-refractivity contribution in [3.63, 3.8) is 0 Å². The fourth-order valence-corrected chi connectivity index (χ4v) is 6.07. The molecule has 4 aromatic rings. The summed E-state index contributed by atoms with van der Waals surface area (Å²) in [7, 11) is -3.38. The Kier molecular flexibility index (Phi) is 5.83. The van der Waals surface area contributed by atoms with Crippen LogP contribution in [0.2, 0.25) is 0 Å². The first-order valence-corrected chi connectivity index (χ1v) is 12.4. The van der Waals surface area contributed by atoms with E-state index in [1.165, 1.54) is 11.3 Å². The molecule has 154 valence electrons. The summed E-state index contributed by atoms with van der Waals surface area (Å²) in [5.41, 5.74) is 1.76. The van der Waals surface area contributed by atoms with Crippen LogP contribution in [0, 0.1) is 0 Å². The average molecular weight is 439 g/mol. The molecule has 0 aliphatic heterocycles. The number of carbonyl (C=O) groups excluding carboxylic acids is 1. The van der Waals surface area contributed by atoms with Crippen molar-refractivity contribution in [1.82, 2.24) is 4.57 Å². The van der Waals surface area contributed by atoms with Crippen LogP contribution in [0.3, 0.4) is 0 Å². The molecule has 0 bridgehead atoms. The highest BCUT2D eigenvalue weighted by Crippen LogP contribution is 2.27. The highest BCUT2D eigenvalue weighted by atomic mass is 32.2. The van der Waals surface area contributed by atoms with Crippen LogP contribution in [0.4, 0.5) is 0 Å². The first-order valence-electron chi connectivity index (χ1n) is 9.80. The molecule has 0 saturated heterocycles. The lowest BCUT2D eigenvalue weighted by molar-refractivity contribution is -0.117. The minimum absolute atomic E-state index is 0.0645. The average Bonchev–Trinajstić information content (AvgIpc) is 3.10. The number of hydrogen-bond acceptors (Lipinski definition) is 4. The van der Waals surface area contributed by atoms with Crippen LogP contribution in [0.1, 0.15) is 18.9 Å². The van der Waals surface area contributed by atoms with E-state index in [9.17, 15) is 13.2 Å². The van der Waals surface area contributed by atoms with Gasteiger partial charge in [0.15, 0.2) is 14.6 Å². The van der Waals surface area contributed by atoms with Crippen molar-refractivity contribution >= 4 is 48.1 Å². The van der Waals surface area contributed by atoms with E-state index in [4.69, 9.17) is 0 Å². The van der Waals surface area contributed by atoms with Crippen molar-refractivity contribution in [3.05, 3.63) is 77.1 Å². The van der Waals surface area contributed by atoms with Gasteiger partial charge >= 0.3 is 0 Å². The van der Waals surface area contributed by atoms with Gasteiger partial charge in [-0.2, -0.15) is 4.99 Å². The van der Waals surface area contributed by atoms with Crippen LogP contribution in [0.15, 0.2) is 71.7 Å². The Bertz CT molecular complexity index is 1380. The number of aryl methyl sites for hydroxylation is 1. The number of aromatic nitrogens is 1. The number of rotatable bonds is 6. The van der Waals surface area contributed by atoms with Gasteiger partial charge in [0.05, 0.1) is 21.7 Å². The second kappa shape index (κ2) is 8.53. The summed E-state index contributed by atoms with van der Waals surface area (Å²) in [5.74, 6) is -0.681. The quantitative estimate of drug-likeness (QED) is 0.450. The predicted molar refractivity (Wildman–Crippen MR) is 122 cm³/mol. The van der Waals surface area contributed by atoms with Crippen LogP contribution in [-0.2, 0) is 26.9 Å². The zero-order chi connectivity index (χ0) is 21.1. The molecule has 1 heterocycles. The highest BCUT2D eigenvalue weighted by molar-refractivity contribution is 7.90. The van der Waals surface area contributed by atoms with Gasteiger partial charge in [-0.25, -0.2) is 8.42 Å². The summed E-state index contributed by atoms with van der Waals surface area (Å²) >= 11 is 1.47. The molecule has 0 spiro atoms. The lowest BCUT2D eigenvalue weighted by Crippen LogP contribution is -2.18. The first-order chi connectivity index (χ1) is 14.5. The zero-order valence-electron chi connectivity index (χ0n) is 16.6. The molecule has 0 unspecified atom stereocenters. The van der Waals surface area contributed by atoms with Crippen molar-refractivity contribution in [2.75, 3.05) is 5.75 Å². The fraction of sp³-hybridized carbons (Fsp3) is 0.217. The number of carbonyl (C=O) groups is 1. The van der Waals surface area contributed by atoms with Gasteiger partial charge in [0, 0.05) is 18.4 Å². The summed E-state index contributed by atoms with van der Waals surface area (Å²) in [5, 5.41) is 2.26. The number of nitrogens with zero attached hydrogens (tertiary/aromatic N) is 2. The minimum Gasteiger partial charge on any atom is -0.317 e. The molecule has 7 heteroatoms. The molecule has 30 heavy (non-hydrogen) atoms. The molecule has 4 rings (SSSR count). The number of hydrogen-bond donors (Lipinski definition) is 0. The number of fused-ring (bicyclic) bond motifs is 3. The van der Waals surface area contributed by atoms with E-state index >= 15 is 0 Å². The maximum atomic E-state index is 12.5. The lowest BCUT2D eigenvalue weighted by atomic mass is 10.1. The largest absolute Gasteiger partial charge is 0.317 e. The number of amides is 1. The number of sulfone groups is 1. The minimum atomic E-state index is -3.38. The van der Waals surface area contributed by atoms with Crippen LogP contribution >= 0.6 is 11.3 Å². The zero-order valence-corrected chi connectivity index (χ0v) is 18.2. The molecular formula is C23H22N2O3S2. The Morgan fingerprint density at radius 3 is 2.50 bits per heavy atom. The van der Waals surface area contributed by atoms with Gasteiger partial charge in [0.1, 0.15) is 0 Å². The Morgan fingerprint density at radius 2 is 1.73 bits per heavy atom. The van der Waals surface area contributed by atoms with E-state index < -0.39 is 15.7 Å². The van der Waals surface area contributed by atoms with Gasteiger partial charge < -0.3 is 4.57 Å². The third kappa shape index (κ3) is 4.37. The second-order valence-electron chi connectivity index (χ2n) is 7.10. The van der Waals surface area contributed by atoms with Gasteiger partial charge in [-0.3, -0.25) is 4.79 Å². The predicted octanol–water partition coefficient (Wildman–Crippen LogP) is 4.31. The van der Waals surface area contributed by atoms with E-state index in [2.05, 4.69) is 23.2 Å². The maximum Gasteiger partial charge on any atom is 0.249 e. The van der Waals surface area contributed by atoms with Crippen molar-refractivity contribution in [2.24, 2.45) is 4.99 Å². The Balaban J connectivity index is 1.59. The molecule has 0 aliphatic rings. The third-order valence-corrected chi connectivity index (χ3v) is 7.69. The van der Waals surface area contributed by atoms with Crippen molar-refractivity contribution in [3.8, 4) is 0 Å². The highest BCUT2D eigenvalue weighted by Gasteiger charge is 2.15. The molecule has 0 aliphatic carbocycles. The number of thiazole rings is 1. The second-order valence-corrected chi connectivity index (χ2v) is 10.3. The van der Waals surface area contributed by atoms with E-state index in [0.717, 1.165) is 26.6 Å². The molecule has 0 radical (unpaired) electrons. The first kappa shape index (κ1) is 20.5. The smallest absolute Gasteiger partial charge is 0.249 e. The molecule has 0 saturated carbocycles. The summed E-state index contributed by atoms with van der Waals surface area (Å²) in [6.07, 6.45) is -0.117. The summed E-state index contributed by atoms with van der Waals surface area (Å²) in [6, 6.07) is 21.2. The summed E-state index contributed by atoms with van der Waals surface area (Å²) in [4.78, 5) is 17.4. The fourth-order valence-electron chi connectivity index (χ4n) is 3.50. The number of benzene rings is 3. The molecule has 0 atom stereocenters. The Morgan fingerprint density at radius 1 is 1.00 bits per heavy atom. The van der Waals surface area contributed by atoms with Gasteiger partial charge in [-0.1, -0.05) is 72.0 Å². The Labute approximate surface area is 179 Å². The molecule has 5 nitrogen and oxygen atoms in total. The molecule has 0 N–H and O–H groups in total. The molecule has 1 aromatic heterocycles. The normalized spacial score (nSPS) is 12.6. The summed E-state index contributed by atoms with van der Waals surface area (Å²) in [6.45, 7) is 2.69. The third-order valence-electron chi connectivity index (χ3n) is 4.97. The van der Waals surface area contributed by atoms with Crippen LogP contribution in [0.5, 0.6) is 0 Å². The van der Waals surface area contributed by atoms with Crippen molar-refractivity contribution < 1.29 is 13.2 Å². The van der Waals surface area contributed by atoms with Gasteiger partial charge in [0.25, 0.3) is 0 Å².